The maximum atomic E-state index is 13.1. The molecule has 2 N–H and O–H groups in total. The Kier molecular flexibility index (Phi) is 3.56. The third kappa shape index (κ3) is 2.39. The number of benzene rings is 1. The van der Waals surface area contributed by atoms with Crippen molar-refractivity contribution in [2.45, 2.75) is 12.0 Å². The van der Waals surface area contributed by atoms with Crippen LogP contribution >= 0.6 is 11.6 Å². The molecule has 0 radical (unpaired) electrons. The number of aliphatic hydroxyl groups excluding tert-OH is 1. The lowest BCUT2D eigenvalue weighted by molar-refractivity contribution is 0.184. The number of halogens is 2. The molecule has 1 aliphatic rings. The molecule has 94 valence electrons. The summed E-state index contributed by atoms with van der Waals surface area (Å²) >= 11 is 5.76. The van der Waals surface area contributed by atoms with E-state index in [4.69, 9.17) is 11.6 Å². The van der Waals surface area contributed by atoms with Crippen LogP contribution in [0.15, 0.2) is 18.2 Å². The Balaban J connectivity index is 2.17. The fraction of sp³-hybridized carbons (Fsp3) is 0.500. The predicted octanol–water partition coefficient (Wildman–Crippen LogP) is 1.64. The van der Waals surface area contributed by atoms with Crippen molar-refractivity contribution in [3.05, 3.63) is 29.0 Å². The number of anilines is 1. The van der Waals surface area contributed by atoms with E-state index in [1.54, 1.807) is 12.1 Å². The van der Waals surface area contributed by atoms with E-state index in [0.717, 1.165) is 18.7 Å². The zero-order chi connectivity index (χ0) is 12.5. The second-order valence-corrected chi connectivity index (χ2v) is 4.87. The van der Waals surface area contributed by atoms with Crippen LogP contribution in [0.3, 0.4) is 0 Å². The van der Waals surface area contributed by atoms with Crippen LogP contribution in [0.1, 0.15) is 6.42 Å². The molecule has 1 heterocycles. The Morgan fingerprint density at radius 3 is 2.88 bits per heavy atom. The third-order valence-corrected chi connectivity index (χ3v) is 3.74. The van der Waals surface area contributed by atoms with Crippen LogP contribution < -0.4 is 10.2 Å². The van der Waals surface area contributed by atoms with E-state index < -0.39 is 5.82 Å². The molecule has 17 heavy (non-hydrogen) atoms. The van der Waals surface area contributed by atoms with Crippen LogP contribution in [-0.2, 0) is 0 Å². The lowest BCUT2D eigenvalue weighted by atomic mass is 10.0. The Labute approximate surface area is 105 Å². The first-order chi connectivity index (χ1) is 8.10. The average Bonchev–Trinajstić information content (AvgIpc) is 2.78. The second kappa shape index (κ2) is 4.80. The molecule has 1 atom stereocenters. The molecule has 0 bridgehead atoms. The zero-order valence-electron chi connectivity index (χ0n) is 9.71. The second-order valence-electron chi connectivity index (χ2n) is 4.46. The lowest BCUT2D eigenvalue weighted by Crippen LogP contribution is -2.48. The van der Waals surface area contributed by atoms with Gasteiger partial charge < -0.3 is 15.3 Å². The van der Waals surface area contributed by atoms with Crippen LogP contribution in [0.2, 0.25) is 5.02 Å². The molecule has 0 aliphatic carbocycles. The van der Waals surface area contributed by atoms with Gasteiger partial charge in [0.2, 0.25) is 0 Å². The maximum Gasteiger partial charge on any atom is 0.141 e. The molecule has 1 aliphatic heterocycles. The van der Waals surface area contributed by atoms with E-state index in [1.165, 1.54) is 6.07 Å². The summed E-state index contributed by atoms with van der Waals surface area (Å²) in [4.78, 5) is 2.10. The standard InChI is InChI=1S/C12H16ClFN2O/c1-15-12(8-17)4-5-16(7-12)9-2-3-11(14)10(13)6-9/h2-3,6,15,17H,4-5,7-8H2,1H3. The summed E-state index contributed by atoms with van der Waals surface area (Å²) in [5.74, 6) is -0.406. The smallest absolute Gasteiger partial charge is 0.141 e. The number of hydrogen-bond acceptors (Lipinski definition) is 3. The highest BCUT2D eigenvalue weighted by molar-refractivity contribution is 6.31. The quantitative estimate of drug-likeness (QED) is 0.865. The van der Waals surface area contributed by atoms with Gasteiger partial charge in [-0.2, -0.15) is 0 Å². The Bertz CT molecular complexity index is 409. The highest BCUT2D eigenvalue weighted by atomic mass is 35.5. The molecule has 3 nitrogen and oxygen atoms in total. The van der Waals surface area contributed by atoms with Gasteiger partial charge in [-0.15, -0.1) is 0 Å². The molecular formula is C12H16ClFN2O. The van der Waals surface area contributed by atoms with Crippen molar-refractivity contribution in [1.82, 2.24) is 5.32 Å². The Morgan fingerprint density at radius 2 is 2.35 bits per heavy atom. The summed E-state index contributed by atoms with van der Waals surface area (Å²) in [5.41, 5.74) is 0.628. The molecule has 1 aromatic carbocycles. The van der Waals surface area contributed by atoms with Gasteiger partial charge in [0.15, 0.2) is 0 Å². The highest BCUT2D eigenvalue weighted by Gasteiger charge is 2.36. The van der Waals surface area contributed by atoms with Crippen molar-refractivity contribution < 1.29 is 9.50 Å². The van der Waals surface area contributed by atoms with Crippen molar-refractivity contribution in [2.24, 2.45) is 0 Å². The fourth-order valence-electron chi connectivity index (χ4n) is 2.19. The van der Waals surface area contributed by atoms with Crippen LogP contribution in [0.5, 0.6) is 0 Å². The topological polar surface area (TPSA) is 35.5 Å². The van der Waals surface area contributed by atoms with Gasteiger partial charge in [-0.3, -0.25) is 0 Å². The van der Waals surface area contributed by atoms with E-state index >= 15 is 0 Å². The molecule has 0 amide bonds. The summed E-state index contributed by atoms with van der Waals surface area (Å²) in [6.07, 6.45) is 0.856. The van der Waals surface area contributed by atoms with E-state index in [9.17, 15) is 9.50 Å². The molecule has 1 fully saturated rings. The predicted molar refractivity (Wildman–Crippen MR) is 67.1 cm³/mol. The molecule has 1 saturated heterocycles. The largest absolute Gasteiger partial charge is 0.394 e. The zero-order valence-corrected chi connectivity index (χ0v) is 10.5. The van der Waals surface area contributed by atoms with Crippen molar-refractivity contribution >= 4 is 17.3 Å². The minimum Gasteiger partial charge on any atom is -0.394 e. The first kappa shape index (κ1) is 12.6. The van der Waals surface area contributed by atoms with Gasteiger partial charge in [-0.1, -0.05) is 11.6 Å². The van der Waals surface area contributed by atoms with Crippen molar-refractivity contribution in [1.29, 1.82) is 0 Å². The SMILES string of the molecule is CNC1(CO)CCN(c2ccc(F)c(Cl)c2)C1. The summed E-state index contributed by atoms with van der Waals surface area (Å²) in [7, 11) is 1.84. The number of rotatable bonds is 3. The maximum absolute atomic E-state index is 13.1. The molecule has 0 aromatic heterocycles. The van der Waals surface area contributed by atoms with Crippen LogP contribution in [-0.4, -0.2) is 37.4 Å². The Hall–Kier alpha value is -0.840. The van der Waals surface area contributed by atoms with E-state index in [0.29, 0.717) is 6.54 Å². The average molecular weight is 259 g/mol. The highest BCUT2D eigenvalue weighted by Crippen LogP contribution is 2.29. The molecular weight excluding hydrogens is 243 g/mol. The summed E-state index contributed by atoms with van der Waals surface area (Å²) in [6.45, 7) is 1.61. The molecule has 0 spiro atoms. The normalized spacial score (nSPS) is 24.4. The number of nitrogens with zero attached hydrogens (tertiary/aromatic N) is 1. The van der Waals surface area contributed by atoms with Crippen molar-refractivity contribution in [3.63, 3.8) is 0 Å². The molecule has 1 unspecified atom stereocenters. The fourth-order valence-corrected chi connectivity index (χ4v) is 2.36. The third-order valence-electron chi connectivity index (χ3n) is 3.46. The van der Waals surface area contributed by atoms with Gasteiger partial charge in [0.1, 0.15) is 5.82 Å². The first-order valence-corrected chi connectivity index (χ1v) is 5.98. The van der Waals surface area contributed by atoms with Crippen molar-refractivity contribution in [2.75, 3.05) is 31.6 Å². The summed E-state index contributed by atoms with van der Waals surface area (Å²) < 4.78 is 13.1. The lowest BCUT2D eigenvalue weighted by Gasteiger charge is -2.27. The summed E-state index contributed by atoms with van der Waals surface area (Å²) in [6, 6.07) is 4.71. The number of hydrogen-bond donors (Lipinski definition) is 2. The van der Waals surface area contributed by atoms with Crippen LogP contribution in [0.25, 0.3) is 0 Å². The van der Waals surface area contributed by atoms with Gasteiger partial charge in [0, 0.05) is 18.8 Å². The van der Waals surface area contributed by atoms with Crippen LogP contribution in [0.4, 0.5) is 10.1 Å². The van der Waals surface area contributed by atoms with E-state index in [-0.39, 0.29) is 17.2 Å². The minimum atomic E-state index is -0.406. The molecule has 2 rings (SSSR count). The molecule has 5 heteroatoms. The molecule has 0 saturated carbocycles. The van der Waals surface area contributed by atoms with Gasteiger partial charge >= 0.3 is 0 Å². The monoisotopic (exact) mass is 258 g/mol. The van der Waals surface area contributed by atoms with Gasteiger partial charge in [-0.05, 0) is 31.7 Å². The van der Waals surface area contributed by atoms with Crippen LogP contribution in [0, 0.1) is 5.82 Å². The number of likely N-dealkylation sites (N-methyl/N-ethyl adjacent to an activating group) is 1. The van der Waals surface area contributed by atoms with Crippen molar-refractivity contribution in [3.8, 4) is 0 Å². The number of nitrogens with one attached hydrogen (secondary N) is 1. The minimum absolute atomic E-state index is 0.0922. The van der Waals surface area contributed by atoms with Gasteiger partial charge in [0.25, 0.3) is 0 Å². The Morgan fingerprint density at radius 1 is 1.59 bits per heavy atom. The van der Waals surface area contributed by atoms with Gasteiger partial charge in [0.05, 0.1) is 17.2 Å². The summed E-state index contributed by atoms with van der Waals surface area (Å²) in [5, 5.41) is 12.7. The molecule has 1 aromatic rings. The van der Waals surface area contributed by atoms with Gasteiger partial charge in [-0.25, -0.2) is 4.39 Å². The van der Waals surface area contributed by atoms with E-state index in [2.05, 4.69) is 10.2 Å². The van der Waals surface area contributed by atoms with E-state index in [1.807, 2.05) is 7.05 Å². The first-order valence-electron chi connectivity index (χ1n) is 5.60. The number of aliphatic hydroxyl groups is 1.